The zero-order valence-electron chi connectivity index (χ0n) is 14.0. The van der Waals surface area contributed by atoms with E-state index in [-0.39, 0.29) is 12.8 Å². The molecule has 6 heteroatoms. The van der Waals surface area contributed by atoms with Crippen LogP contribution in [0.3, 0.4) is 0 Å². The minimum Gasteiger partial charge on any atom is -0.473 e. The molecule has 1 fully saturated rings. The molecule has 25 heavy (non-hydrogen) atoms. The maximum atomic E-state index is 11.9. The average Bonchev–Trinajstić information content (AvgIpc) is 2.65. The highest BCUT2D eigenvalue weighted by Gasteiger charge is 2.10. The first-order chi connectivity index (χ1) is 12.2. The van der Waals surface area contributed by atoms with Crippen LogP contribution in [0.5, 0.6) is 5.75 Å². The zero-order valence-corrected chi connectivity index (χ0v) is 14.8. The number of piperidine rings is 1. The van der Waals surface area contributed by atoms with Gasteiger partial charge < -0.3 is 20.3 Å². The van der Waals surface area contributed by atoms with Crippen molar-refractivity contribution >= 4 is 29.0 Å². The molecule has 0 saturated carbocycles. The number of amides is 2. The first-order valence-electron chi connectivity index (χ1n) is 8.49. The van der Waals surface area contributed by atoms with Gasteiger partial charge >= 0.3 is 6.03 Å². The standard InChI is InChI=1S/C19H22ClN3O2/c20-15-4-10-18(11-5-15)25-14-21-19(24)22-16-6-8-17(9-7-16)23-12-2-1-3-13-23/h4-11H,1-3,12-14H2,(H2,21,22,24). The van der Waals surface area contributed by atoms with Gasteiger partial charge in [-0.25, -0.2) is 4.79 Å². The number of nitrogens with one attached hydrogen (secondary N) is 2. The molecule has 132 valence electrons. The highest BCUT2D eigenvalue weighted by molar-refractivity contribution is 6.30. The van der Waals surface area contributed by atoms with Crippen LogP contribution < -0.4 is 20.3 Å². The number of halogens is 1. The number of nitrogens with zero attached hydrogens (tertiary/aromatic N) is 1. The summed E-state index contributed by atoms with van der Waals surface area (Å²) in [6.45, 7) is 2.30. The maximum Gasteiger partial charge on any atom is 0.321 e. The van der Waals surface area contributed by atoms with Gasteiger partial charge in [-0.05, 0) is 67.8 Å². The lowest BCUT2D eigenvalue weighted by Gasteiger charge is -2.28. The summed E-state index contributed by atoms with van der Waals surface area (Å²) in [5.74, 6) is 0.649. The fourth-order valence-corrected chi connectivity index (χ4v) is 2.92. The van der Waals surface area contributed by atoms with Crippen LogP contribution in [0, 0.1) is 0 Å². The highest BCUT2D eigenvalue weighted by atomic mass is 35.5. The van der Waals surface area contributed by atoms with Crippen molar-refractivity contribution in [2.75, 3.05) is 30.0 Å². The van der Waals surface area contributed by atoms with Crippen molar-refractivity contribution in [2.45, 2.75) is 19.3 Å². The molecule has 1 aliphatic heterocycles. The van der Waals surface area contributed by atoms with Crippen LogP contribution in [0.1, 0.15) is 19.3 Å². The van der Waals surface area contributed by atoms with Gasteiger partial charge in [-0.15, -0.1) is 0 Å². The first kappa shape index (κ1) is 17.4. The maximum absolute atomic E-state index is 11.9. The summed E-state index contributed by atoms with van der Waals surface area (Å²) in [7, 11) is 0. The molecule has 1 aliphatic rings. The third kappa shape index (κ3) is 5.29. The third-order valence-corrected chi connectivity index (χ3v) is 4.38. The molecule has 1 saturated heterocycles. The Bertz CT molecular complexity index is 683. The molecule has 0 aliphatic carbocycles. The highest BCUT2D eigenvalue weighted by Crippen LogP contribution is 2.21. The van der Waals surface area contributed by atoms with Crippen molar-refractivity contribution in [3.63, 3.8) is 0 Å². The molecule has 0 atom stereocenters. The van der Waals surface area contributed by atoms with E-state index >= 15 is 0 Å². The Morgan fingerprint density at radius 2 is 1.68 bits per heavy atom. The quantitative estimate of drug-likeness (QED) is 0.773. The molecule has 0 radical (unpaired) electrons. The second-order valence-corrected chi connectivity index (χ2v) is 6.40. The van der Waals surface area contributed by atoms with E-state index in [1.807, 2.05) is 24.3 Å². The van der Waals surface area contributed by atoms with E-state index in [1.165, 1.54) is 24.9 Å². The van der Waals surface area contributed by atoms with Gasteiger partial charge in [0, 0.05) is 29.5 Å². The Balaban J connectivity index is 1.43. The number of anilines is 2. The fraction of sp³-hybridized carbons (Fsp3) is 0.316. The van der Waals surface area contributed by atoms with E-state index in [9.17, 15) is 4.79 Å². The molecule has 0 unspecified atom stereocenters. The van der Waals surface area contributed by atoms with Gasteiger partial charge in [-0.3, -0.25) is 0 Å². The minimum atomic E-state index is -0.306. The van der Waals surface area contributed by atoms with Crippen molar-refractivity contribution in [2.24, 2.45) is 0 Å². The molecule has 2 aromatic rings. The van der Waals surface area contributed by atoms with Gasteiger partial charge in [0.25, 0.3) is 0 Å². The number of carbonyl (C=O) groups excluding carboxylic acids is 1. The molecular weight excluding hydrogens is 338 g/mol. The number of hydrogen-bond acceptors (Lipinski definition) is 3. The van der Waals surface area contributed by atoms with Gasteiger partial charge in [0.05, 0.1) is 0 Å². The van der Waals surface area contributed by atoms with Crippen LogP contribution in [-0.4, -0.2) is 25.9 Å². The van der Waals surface area contributed by atoms with E-state index in [1.54, 1.807) is 24.3 Å². The van der Waals surface area contributed by atoms with Crippen molar-refractivity contribution in [1.82, 2.24) is 5.32 Å². The van der Waals surface area contributed by atoms with Crippen molar-refractivity contribution in [3.8, 4) is 5.75 Å². The smallest absolute Gasteiger partial charge is 0.321 e. The Labute approximate surface area is 152 Å². The van der Waals surface area contributed by atoms with Crippen LogP contribution in [0.4, 0.5) is 16.2 Å². The second-order valence-electron chi connectivity index (χ2n) is 5.97. The molecule has 0 aromatic heterocycles. The number of rotatable bonds is 5. The Morgan fingerprint density at radius 1 is 1.00 bits per heavy atom. The summed E-state index contributed by atoms with van der Waals surface area (Å²) in [6.07, 6.45) is 3.81. The van der Waals surface area contributed by atoms with E-state index in [4.69, 9.17) is 16.3 Å². The summed E-state index contributed by atoms with van der Waals surface area (Å²) in [4.78, 5) is 14.3. The monoisotopic (exact) mass is 359 g/mol. The Hall–Kier alpha value is -2.40. The van der Waals surface area contributed by atoms with Gasteiger partial charge in [-0.1, -0.05) is 11.6 Å². The lowest BCUT2D eigenvalue weighted by Crippen LogP contribution is -2.32. The van der Waals surface area contributed by atoms with Crippen LogP contribution in [0.2, 0.25) is 5.02 Å². The number of carbonyl (C=O) groups is 1. The summed E-state index contributed by atoms with van der Waals surface area (Å²) in [5.41, 5.74) is 1.96. The SMILES string of the molecule is O=C(NCOc1ccc(Cl)cc1)Nc1ccc(N2CCCCC2)cc1. The largest absolute Gasteiger partial charge is 0.473 e. The van der Waals surface area contributed by atoms with Gasteiger partial charge in [0.15, 0.2) is 6.73 Å². The van der Waals surface area contributed by atoms with E-state index in [2.05, 4.69) is 15.5 Å². The van der Waals surface area contributed by atoms with Crippen LogP contribution in [-0.2, 0) is 0 Å². The fourth-order valence-electron chi connectivity index (χ4n) is 2.80. The van der Waals surface area contributed by atoms with Crippen molar-refractivity contribution < 1.29 is 9.53 Å². The first-order valence-corrected chi connectivity index (χ1v) is 8.87. The average molecular weight is 360 g/mol. The number of hydrogen-bond donors (Lipinski definition) is 2. The normalized spacial score (nSPS) is 14.0. The van der Waals surface area contributed by atoms with E-state index in [0.717, 1.165) is 18.8 Å². The lowest BCUT2D eigenvalue weighted by atomic mass is 10.1. The van der Waals surface area contributed by atoms with Gasteiger partial charge in [0.1, 0.15) is 5.75 Å². The summed E-state index contributed by atoms with van der Waals surface area (Å²) >= 11 is 5.81. The molecule has 2 N–H and O–H groups in total. The summed E-state index contributed by atoms with van der Waals surface area (Å²) in [5, 5.41) is 6.10. The van der Waals surface area contributed by atoms with Crippen LogP contribution >= 0.6 is 11.6 Å². The Kier molecular flexibility index (Phi) is 6.01. The van der Waals surface area contributed by atoms with Crippen molar-refractivity contribution in [3.05, 3.63) is 53.6 Å². The second kappa shape index (κ2) is 8.62. The van der Waals surface area contributed by atoms with Gasteiger partial charge in [0.2, 0.25) is 0 Å². The molecule has 0 bridgehead atoms. The minimum absolute atomic E-state index is 0.0827. The molecular formula is C19H22ClN3O2. The molecule has 0 spiro atoms. The topological polar surface area (TPSA) is 53.6 Å². The molecule has 2 aromatic carbocycles. The predicted molar refractivity (Wildman–Crippen MR) is 102 cm³/mol. The van der Waals surface area contributed by atoms with Crippen molar-refractivity contribution in [1.29, 1.82) is 0 Å². The summed E-state index contributed by atoms with van der Waals surface area (Å²) < 4.78 is 5.43. The molecule has 5 nitrogen and oxygen atoms in total. The lowest BCUT2D eigenvalue weighted by molar-refractivity contribution is 0.234. The Morgan fingerprint density at radius 3 is 2.36 bits per heavy atom. The molecule has 2 amide bonds. The predicted octanol–water partition coefficient (Wildman–Crippen LogP) is 4.49. The van der Waals surface area contributed by atoms with Gasteiger partial charge in [-0.2, -0.15) is 0 Å². The summed E-state index contributed by atoms with van der Waals surface area (Å²) in [6, 6.07) is 14.6. The zero-order chi connectivity index (χ0) is 17.5. The molecule has 3 rings (SSSR count). The van der Waals surface area contributed by atoms with Crippen LogP contribution in [0.25, 0.3) is 0 Å². The third-order valence-electron chi connectivity index (χ3n) is 4.13. The van der Waals surface area contributed by atoms with E-state index < -0.39 is 0 Å². The number of urea groups is 1. The molecule has 1 heterocycles. The number of benzene rings is 2. The number of ether oxygens (including phenoxy) is 1. The van der Waals surface area contributed by atoms with E-state index in [0.29, 0.717) is 10.8 Å². The van der Waals surface area contributed by atoms with Crippen LogP contribution in [0.15, 0.2) is 48.5 Å².